The summed E-state index contributed by atoms with van der Waals surface area (Å²) in [6, 6.07) is 22.5. The summed E-state index contributed by atoms with van der Waals surface area (Å²) >= 11 is 1.55. The number of ether oxygens (including phenoxy) is 1. The van der Waals surface area contributed by atoms with Crippen molar-refractivity contribution in [3.05, 3.63) is 77.2 Å². The average molecular weight is 330 g/mol. The molecule has 0 spiro atoms. The van der Waals surface area contributed by atoms with Gasteiger partial charge in [-0.15, -0.1) is 11.3 Å². The predicted octanol–water partition coefficient (Wildman–Crippen LogP) is 5.76. The van der Waals surface area contributed by atoms with Gasteiger partial charge in [-0.2, -0.15) is 0 Å². The van der Waals surface area contributed by atoms with E-state index in [9.17, 15) is 4.79 Å². The topological polar surface area (TPSA) is 26.3 Å². The van der Waals surface area contributed by atoms with Crippen LogP contribution in [0, 0.1) is 0 Å². The van der Waals surface area contributed by atoms with E-state index in [1.54, 1.807) is 11.3 Å². The Morgan fingerprint density at radius 2 is 1.71 bits per heavy atom. The molecule has 3 aromatic carbocycles. The Kier molecular flexibility index (Phi) is 2.97. The Labute approximate surface area is 143 Å². The molecule has 5 rings (SSSR count). The summed E-state index contributed by atoms with van der Waals surface area (Å²) < 4.78 is 7.45. The van der Waals surface area contributed by atoms with Gasteiger partial charge in [0.15, 0.2) is 5.78 Å². The van der Waals surface area contributed by atoms with Crippen LogP contribution in [0.5, 0.6) is 5.75 Å². The highest BCUT2D eigenvalue weighted by Gasteiger charge is 2.31. The third-order valence-corrected chi connectivity index (χ3v) is 5.77. The molecule has 2 heterocycles. The standard InChI is InChI=1S/C21H14O2S/c22-16-12-17(14-7-2-1-3-8-14)23-20-19-15-9-5-4-6-13(15)10-11-18(19)24-21(16)20/h1-11,17H,12H2. The highest BCUT2D eigenvalue weighted by molar-refractivity contribution is 7.21. The van der Waals surface area contributed by atoms with Gasteiger partial charge in [0.2, 0.25) is 0 Å². The lowest BCUT2D eigenvalue weighted by Gasteiger charge is -2.23. The number of carbonyl (C=O) groups is 1. The van der Waals surface area contributed by atoms with E-state index in [0.29, 0.717) is 6.42 Å². The molecule has 3 heteroatoms. The number of thiophene rings is 1. The Morgan fingerprint density at radius 1 is 0.917 bits per heavy atom. The highest BCUT2D eigenvalue weighted by atomic mass is 32.1. The molecule has 1 aliphatic heterocycles. The third kappa shape index (κ3) is 1.98. The molecule has 1 atom stereocenters. The SMILES string of the molecule is O=C1CC(c2ccccc2)Oc2c1sc1ccc3ccccc3c21. The van der Waals surface area contributed by atoms with E-state index < -0.39 is 0 Å². The zero-order valence-electron chi connectivity index (χ0n) is 12.9. The van der Waals surface area contributed by atoms with E-state index in [1.807, 2.05) is 42.5 Å². The second kappa shape index (κ2) is 5.18. The number of hydrogen-bond acceptors (Lipinski definition) is 3. The minimum atomic E-state index is -0.206. The van der Waals surface area contributed by atoms with E-state index in [0.717, 1.165) is 31.7 Å². The molecule has 24 heavy (non-hydrogen) atoms. The molecule has 0 saturated heterocycles. The van der Waals surface area contributed by atoms with Gasteiger partial charge in [-0.3, -0.25) is 4.79 Å². The number of hydrogen-bond donors (Lipinski definition) is 0. The van der Waals surface area contributed by atoms with Crippen LogP contribution >= 0.6 is 11.3 Å². The molecule has 1 aliphatic rings. The number of carbonyl (C=O) groups excluding carboxylic acids is 1. The zero-order chi connectivity index (χ0) is 16.1. The molecule has 0 N–H and O–H groups in total. The number of rotatable bonds is 1. The van der Waals surface area contributed by atoms with Gasteiger partial charge in [0.05, 0.1) is 6.42 Å². The maximum atomic E-state index is 12.7. The molecule has 0 radical (unpaired) electrons. The van der Waals surface area contributed by atoms with Crippen molar-refractivity contribution >= 4 is 38.0 Å². The van der Waals surface area contributed by atoms with Crippen LogP contribution < -0.4 is 4.74 Å². The molecule has 1 aromatic heterocycles. The van der Waals surface area contributed by atoms with Crippen LogP contribution in [-0.2, 0) is 0 Å². The van der Waals surface area contributed by atoms with Crippen molar-refractivity contribution in [2.24, 2.45) is 0 Å². The quantitative estimate of drug-likeness (QED) is 0.443. The maximum Gasteiger partial charge on any atom is 0.180 e. The monoisotopic (exact) mass is 330 g/mol. The van der Waals surface area contributed by atoms with Crippen LogP contribution in [0.15, 0.2) is 66.7 Å². The fraction of sp³-hybridized carbons (Fsp3) is 0.0952. The Bertz CT molecular complexity index is 1080. The van der Waals surface area contributed by atoms with Gasteiger partial charge in [-0.05, 0) is 22.4 Å². The smallest absolute Gasteiger partial charge is 0.180 e. The molecule has 2 nitrogen and oxygen atoms in total. The van der Waals surface area contributed by atoms with Gasteiger partial charge in [-0.25, -0.2) is 0 Å². The fourth-order valence-electron chi connectivity index (χ4n) is 3.44. The van der Waals surface area contributed by atoms with Crippen LogP contribution in [0.25, 0.3) is 20.9 Å². The van der Waals surface area contributed by atoms with E-state index in [4.69, 9.17) is 4.74 Å². The first-order valence-electron chi connectivity index (χ1n) is 8.00. The first-order valence-corrected chi connectivity index (χ1v) is 8.82. The van der Waals surface area contributed by atoms with Crippen molar-refractivity contribution in [1.29, 1.82) is 0 Å². The summed E-state index contributed by atoms with van der Waals surface area (Å²) in [5.74, 6) is 0.937. The van der Waals surface area contributed by atoms with Crippen molar-refractivity contribution in [2.75, 3.05) is 0 Å². The normalized spacial score (nSPS) is 17.0. The van der Waals surface area contributed by atoms with Crippen molar-refractivity contribution in [3.8, 4) is 5.75 Å². The van der Waals surface area contributed by atoms with Crippen LogP contribution in [0.4, 0.5) is 0 Å². The summed E-state index contributed by atoms with van der Waals surface area (Å²) in [5.41, 5.74) is 1.05. The van der Waals surface area contributed by atoms with Gasteiger partial charge < -0.3 is 4.74 Å². The van der Waals surface area contributed by atoms with E-state index in [-0.39, 0.29) is 11.9 Å². The van der Waals surface area contributed by atoms with Gasteiger partial charge in [-0.1, -0.05) is 60.7 Å². The van der Waals surface area contributed by atoms with Crippen molar-refractivity contribution in [1.82, 2.24) is 0 Å². The van der Waals surface area contributed by atoms with E-state index >= 15 is 0 Å². The maximum absolute atomic E-state index is 12.7. The first-order chi connectivity index (χ1) is 11.8. The summed E-state index contributed by atoms with van der Waals surface area (Å²) in [5, 5.41) is 3.39. The van der Waals surface area contributed by atoms with Crippen LogP contribution in [0.2, 0.25) is 0 Å². The lowest BCUT2D eigenvalue weighted by atomic mass is 9.99. The third-order valence-electron chi connectivity index (χ3n) is 4.59. The Balaban J connectivity index is 1.75. The molecule has 0 fully saturated rings. The molecule has 0 bridgehead atoms. The minimum absolute atomic E-state index is 0.176. The van der Waals surface area contributed by atoms with Crippen LogP contribution in [0.1, 0.15) is 27.8 Å². The first kappa shape index (κ1) is 13.8. The lowest BCUT2D eigenvalue weighted by molar-refractivity contribution is 0.0861. The summed E-state index contributed by atoms with van der Waals surface area (Å²) in [6.07, 6.45) is 0.199. The lowest BCUT2D eigenvalue weighted by Crippen LogP contribution is -2.18. The van der Waals surface area contributed by atoms with Crippen molar-refractivity contribution in [2.45, 2.75) is 12.5 Å². The van der Waals surface area contributed by atoms with Gasteiger partial charge in [0.25, 0.3) is 0 Å². The van der Waals surface area contributed by atoms with Gasteiger partial charge in [0, 0.05) is 10.1 Å². The van der Waals surface area contributed by atoms with Crippen molar-refractivity contribution in [3.63, 3.8) is 0 Å². The molecule has 116 valence electrons. The summed E-state index contributed by atoms with van der Waals surface area (Å²) in [7, 11) is 0. The molecular formula is C21H14O2S. The molecule has 0 saturated carbocycles. The largest absolute Gasteiger partial charge is 0.483 e. The van der Waals surface area contributed by atoms with Crippen LogP contribution in [-0.4, -0.2) is 5.78 Å². The second-order valence-corrected chi connectivity index (χ2v) is 7.12. The van der Waals surface area contributed by atoms with E-state index in [2.05, 4.69) is 24.3 Å². The van der Waals surface area contributed by atoms with Crippen LogP contribution in [0.3, 0.4) is 0 Å². The molecule has 4 aromatic rings. The van der Waals surface area contributed by atoms with E-state index in [1.165, 1.54) is 5.39 Å². The Morgan fingerprint density at radius 3 is 2.58 bits per heavy atom. The number of Topliss-reactive ketones (excluding diaryl/α,β-unsaturated/α-hetero) is 1. The summed E-state index contributed by atoms with van der Waals surface area (Å²) in [6.45, 7) is 0. The number of ketones is 1. The average Bonchev–Trinajstić information content (AvgIpc) is 3.02. The number of benzene rings is 3. The zero-order valence-corrected chi connectivity index (χ0v) is 13.7. The summed E-state index contributed by atoms with van der Waals surface area (Å²) in [4.78, 5) is 13.5. The minimum Gasteiger partial charge on any atom is -0.483 e. The van der Waals surface area contributed by atoms with Crippen molar-refractivity contribution < 1.29 is 9.53 Å². The molecule has 0 amide bonds. The molecule has 0 aliphatic carbocycles. The second-order valence-electron chi connectivity index (χ2n) is 6.06. The molecule has 1 unspecified atom stereocenters. The molecular weight excluding hydrogens is 316 g/mol. The predicted molar refractivity (Wildman–Crippen MR) is 98.1 cm³/mol. The Hall–Kier alpha value is -2.65. The highest BCUT2D eigenvalue weighted by Crippen LogP contribution is 2.47. The van der Waals surface area contributed by atoms with Gasteiger partial charge >= 0.3 is 0 Å². The fourth-order valence-corrected chi connectivity index (χ4v) is 4.54. The van der Waals surface area contributed by atoms with Gasteiger partial charge in [0.1, 0.15) is 16.7 Å². The number of fused-ring (bicyclic) bond motifs is 5.